The molecule has 0 saturated heterocycles. The van der Waals surface area contributed by atoms with Crippen molar-refractivity contribution >= 4 is 22.4 Å². The van der Waals surface area contributed by atoms with Crippen LogP contribution in [-0.4, -0.2) is 31.2 Å². The maximum Gasteiger partial charge on any atom is 0.320 e. The molecule has 9 heteroatoms. The van der Waals surface area contributed by atoms with Gasteiger partial charge in [0.05, 0.1) is 17.8 Å². The lowest BCUT2D eigenvalue weighted by Gasteiger charge is -2.13. The Morgan fingerprint density at radius 3 is 2.81 bits per heavy atom. The average molecular weight is 369 g/mol. The zero-order chi connectivity index (χ0) is 18.1. The largest absolute Gasteiger partial charge is 0.328 e. The molecule has 2 N–H and O–H groups in total. The highest BCUT2D eigenvalue weighted by molar-refractivity contribution is 7.19. The van der Waals surface area contributed by atoms with Crippen molar-refractivity contribution < 1.29 is 4.79 Å². The fourth-order valence-electron chi connectivity index (χ4n) is 2.68. The van der Waals surface area contributed by atoms with Crippen molar-refractivity contribution in [3.63, 3.8) is 0 Å². The quantitative estimate of drug-likeness (QED) is 0.719. The number of nitrogens with one attached hydrogen (secondary N) is 2. The van der Waals surface area contributed by atoms with Gasteiger partial charge in [0.1, 0.15) is 10.0 Å². The molecule has 2 heterocycles. The van der Waals surface area contributed by atoms with E-state index in [1.807, 2.05) is 44.2 Å². The Bertz CT molecular complexity index is 916. The number of amides is 2. The predicted octanol–water partition coefficient (Wildman–Crippen LogP) is 3.32. The molecule has 1 aliphatic carbocycles. The number of anilines is 1. The number of thiazole rings is 1. The summed E-state index contributed by atoms with van der Waals surface area (Å²) in [4.78, 5) is 16.9. The Morgan fingerprint density at radius 1 is 1.31 bits per heavy atom. The highest BCUT2D eigenvalue weighted by Crippen LogP contribution is 2.35. The summed E-state index contributed by atoms with van der Waals surface area (Å²) >= 11 is 1.45. The SMILES string of the molecule is Cc1nc(-c2ccccc2)sc1NC(=O)NC(C)c1nnnn1C1CC1. The van der Waals surface area contributed by atoms with Crippen LogP contribution in [0.3, 0.4) is 0 Å². The van der Waals surface area contributed by atoms with Crippen LogP contribution < -0.4 is 10.6 Å². The number of urea groups is 1. The van der Waals surface area contributed by atoms with Crippen LogP contribution >= 0.6 is 11.3 Å². The first-order valence-corrected chi connectivity index (χ1v) is 9.31. The van der Waals surface area contributed by atoms with Gasteiger partial charge in [-0.05, 0) is 37.1 Å². The van der Waals surface area contributed by atoms with Gasteiger partial charge in [0.25, 0.3) is 0 Å². The molecule has 0 bridgehead atoms. The fourth-order valence-corrected chi connectivity index (χ4v) is 3.65. The summed E-state index contributed by atoms with van der Waals surface area (Å²) in [7, 11) is 0. The summed E-state index contributed by atoms with van der Waals surface area (Å²) in [5.41, 5.74) is 1.82. The number of aromatic nitrogens is 5. The van der Waals surface area contributed by atoms with E-state index in [0.29, 0.717) is 11.9 Å². The normalized spacial score (nSPS) is 14.8. The van der Waals surface area contributed by atoms with Crippen molar-refractivity contribution in [1.29, 1.82) is 0 Å². The van der Waals surface area contributed by atoms with Gasteiger partial charge in [-0.25, -0.2) is 14.5 Å². The molecule has 2 aromatic heterocycles. The summed E-state index contributed by atoms with van der Waals surface area (Å²) in [6.07, 6.45) is 2.17. The molecule has 0 spiro atoms. The van der Waals surface area contributed by atoms with Crippen molar-refractivity contribution in [1.82, 2.24) is 30.5 Å². The Hall–Kier alpha value is -2.81. The molecule has 1 saturated carbocycles. The third kappa shape index (κ3) is 3.43. The van der Waals surface area contributed by atoms with Gasteiger partial charge in [0.2, 0.25) is 0 Å². The summed E-state index contributed by atoms with van der Waals surface area (Å²) in [5.74, 6) is 0.675. The van der Waals surface area contributed by atoms with Crippen molar-refractivity contribution in [2.24, 2.45) is 0 Å². The van der Waals surface area contributed by atoms with Crippen LogP contribution in [0.25, 0.3) is 10.6 Å². The van der Waals surface area contributed by atoms with Gasteiger partial charge in [-0.2, -0.15) is 0 Å². The molecule has 1 aliphatic rings. The zero-order valence-electron chi connectivity index (χ0n) is 14.5. The van der Waals surface area contributed by atoms with Crippen molar-refractivity contribution in [2.45, 2.75) is 38.8 Å². The molecule has 0 radical (unpaired) electrons. The minimum absolute atomic E-state index is 0.285. The van der Waals surface area contributed by atoms with E-state index in [1.165, 1.54) is 11.3 Å². The van der Waals surface area contributed by atoms with E-state index in [-0.39, 0.29) is 12.1 Å². The lowest BCUT2D eigenvalue weighted by atomic mass is 10.2. The standard InChI is InChI=1S/C17H19N7OS/c1-10(14-21-22-23-24(14)13-8-9-13)19-17(25)20-15-11(2)18-16(26-15)12-6-4-3-5-7-12/h3-7,10,13H,8-9H2,1-2H3,(H2,19,20,25). The molecule has 2 amide bonds. The molecular formula is C17H19N7OS. The van der Waals surface area contributed by atoms with E-state index in [0.717, 1.165) is 34.1 Å². The van der Waals surface area contributed by atoms with E-state index in [4.69, 9.17) is 0 Å². The number of benzene rings is 1. The molecule has 0 aliphatic heterocycles. The van der Waals surface area contributed by atoms with Gasteiger partial charge in [-0.1, -0.05) is 41.7 Å². The summed E-state index contributed by atoms with van der Waals surface area (Å²) in [5, 5.41) is 19.2. The third-order valence-corrected chi connectivity index (χ3v) is 5.31. The van der Waals surface area contributed by atoms with Crippen LogP contribution in [0.2, 0.25) is 0 Å². The maximum atomic E-state index is 12.4. The Kier molecular flexibility index (Phi) is 4.37. The fraction of sp³-hybridized carbons (Fsp3) is 0.353. The van der Waals surface area contributed by atoms with Crippen molar-refractivity contribution in [3.05, 3.63) is 41.9 Å². The number of nitrogens with zero attached hydrogens (tertiary/aromatic N) is 5. The van der Waals surface area contributed by atoms with E-state index in [2.05, 4.69) is 31.1 Å². The molecule has 134 valence electrons. The van der Waals surface area contributed by atoms with Crippen LogP contribution in [0.4, 0.5) is 9.80 Å². The van der Waals surface area contributed by atoms with Crippen molar-refractivity contribution in [3.8, 4) is 10.6 Å². The van der Waals surface area contributed by atoms with Gasteiger partial charge in [-0.15, -0.1) is 5.10 Å². The van der Waals surface area contributed by atoms with Gasteiger partial charge in [0.15, 0.2) is 5.82 Å². The number of carbonyl (C=O) groups excluding carboxylic acids is 1. The monoisotopic (exact) mass is 369 g/mol. The zero-order valence-corrected chi connectivity index (χ0v) is 15.3. The lowest BCUT2D eigenvalue weighted by Crippen LogP contribution is -2.32. The van der Waals surface area contributed by atoms with Crippen LogP contribution in [0, 0.1) is 6.92 Å². The third-order valence-electron chi connectivity index (χ3n) is 4.19. The predicted molar refractivity (Wildman–Crippen MR) is 98.9 cm³/mol. The average Bonchev–Trinajstić information content (AvgIpc) is 3.25. The number of aryl methyl sites for hydroxylation is 1. The second kappa shape index (κ2) is 6.83. The molecule has 1 fully saturated rings. The van der Waals surface area contributed by atoms with Gasteiger partial charge in [0, 0.05) is 5.56 Å². The second-order valence-corrected chi connectivity index (χ2v) is 7.33. The minimum Gasteiger partial charge on any atom is -0.328 e. The Balaban J connectivity index is 1.43. The molecular weight excluding hydrogens is 350 g/mol. The summed E-state index contributed by atoms with van der Waals surface area (Å²) in [6.45, 7) is 3.76. The van der Waals surface area contributed by atoms with E-state index >= 15 is 0 Å². The smallest absolute Gasteiger partial charge is 0.320 e. The molecule has 1 unspecified atom stereocenters. The summed E-state index contributed by atoms with van der Waals surface area (Å²) < 4.78 is 1.80. The minimum atomic E-state index is -0.297. The summed E-state index contributed by atoms with van der Waals surface area (Å²) in [6, 6.07) is 9.69. The lowest BCUT2D eigenvalue weighted by molar-refractivity contribution is 0.248. The van der Waals surface area contributed by atoms with Gasteiger partial charge in [-0.3, -0.25) is 5.32 Å². The van der Waals surface area contributed by atoms with E-state index < -0.39 is 0 Å². The molecule has 1 aromatic carbocycles. The maximum absolute atomic E-state index is 12.4. The highest BCUT2D eigenvalue weighted by atomic mass is 32.1. The van der Waals surface area contributed by atoms with Crippen LogP contribution in [0.1, 0.15) is 43.4 Å². The molecule has 3 aromatic rings. The number of carbonyl (C=O) groups is 1. The van der Waals surface area contributed by atoms with Crippen molar-refractivity contribution in [2.75, 3.05) is 5.32 Å². The first-order chi connectivity index (χ1) is 12.6. The number of rotatable bonds is 5. The van der Waals surface area contributed by atoms with E-state index in [1.54, 1.807) is 4.68 Å². The Labute approximate surface area is 154 Å². The highest BCUT2D eigenvalue weighted by Gasteiger charge is 2.30. The molecule has 26 heavy (non-hydrogen) atoms. The first-order valence-electron chi connectivity index (χ1n) is 8.50. The number of hydrogen-bond acceptors (Lipinski definition) is 6. The van der Waals surface area contributed by atoms with Gasteiger partial charge >= 0.3 is 6.03 Å². The van der Waals surface area contributed by atoms with Gasteiger partial charge < -0.3 is 5.32 Å². The molecule has 8 nitrogen and oxygen atoms in total. The first kappa shape index (κ1) is 16.6. The van der Waals surface area contributed by atoms with Crippen LogP contribution in [0.15, 0.2) is 30.3 Å². The van der Waals surface area contributed by atoms with Crippen LogP contribution in [-0.2, 0) is 0 Å². The topological polar surface area (TPSA) is 97.6 Å². The van der Waals surface area contributed by atoms with E-state index in [9.17, 15) is 4.79 Å². The number of hydrogen-bond donors (Lipinski definition) is 2. The Morgan fingerprint density at radius 2 is 2.08 bits per heavy atom. The number of tetrazole rings is 1. The second-order valence-electron chi connectivity index (χ2n) is 6.33. The molecule has 4 rings (SSSR count). The van der Waals surface area contributed by atoms with Crippen LogP contribution in [0.5, 0.6) is 0 Å². The molecule has 1 atom stereocenters.